The van der Waals surface area contributed by atoms with Gasteiger partial charge in [0, 0.05) is 6.26 Å². The van der Waals surface area contributed by atoms with Gasteiger partial charge in [-0.1, -0.05) is 35.9 Å². The van der Waals surface area contributed by atoms with Crippen LogP contribution in [0.2, 0.25) is 5.02 Å². The number of aliphatic hydroxyl groups is 1. The summed E-state index contributed by atoms with van der Waals surface area (Å²) < 4.78 is 25.6. The molecule has 0 saturated carbocycles. The van der Waals surface area contributed by atoms with E-state index < -0.39 is 15.4 Å². The van der Waals surface area contributed by atoms with Gasteiger partial charge in [-0.15, -0.1) is 11.3 Å². The second-order valence-corrected chi connectivity index (χ2v) is 11.2. The highest BCUT2D eigenvalue weighted by molar-refractivity contribution is 7.90. The average Bonchev–Trinajstić information content (AvgIpc) is 3.35. The van der Waals surface area contributed by atoms with Crippen molar-refractivity contribution in [3.8, 4) is 27.4 Å². The van der Waals surface area contributed by atoms with Crippen molar-refractivity contribution in [3.63, 3.8) is 0 Å². The number of sulfone groups is 1. The molecule has 0 aliphatic carbocycles. The van der Waals surface area contributed by atoms with Crippen LogP contribution in [0.25, 0.3) is 27.4 Å². The number of nitrogens with zero attached hydrogens (tertiary/aromatic N) is 2. The molecule has 2 aromatic carbocycles. The molecule has 160 valence electrons. The molecule has 4 rings (SSSR count). The van der Waals surface area contributed by atoms with Crippen molar-refractivity contribution in [2.45, 2.75) is 24.3 Å². The van der Waals surface area contributed by atoms with E-state index in [0.717, 1.165) is 21.7 Å². The van der Waals surface area contributed by atoms with Crippen molar-refractivity contribution in [2.75, 3.05) is 6.26 Å². The molecule has 0 atom stereocenters. The summed E-state index contributed by atoms with van der Waals surface area (Å²) in [6.45, 7) is 3.37. The maximum atomic E-state index is 11.9. The van der Waals surface area contributed by atoms with Crippen LogP contribution in [0.1, 0.15) is 19.5 Å². The van der Waals surface area contributed by atoms with Gasteiger partial charge in [-0.25, -0.2) is 13.1 Å². The Morgan fingerprint density at radius 1 is 1.03 bits per heavy atom. The van der Waals surface area contributed by atoms with Gasteiger partial charge in [0.2, 0.25) is 0 Å². The third-order valence-electron chi connectivity index (χ3n) is 4.86. The molecule has 2 heterocycles. The number of halogens is 1. The maximum Gasteiger partial charge on any atom is 0.175 e. The van der Waals surface area contributed by atoms with Gasteiger partial charge in [0.25, 0.3) is 0 Å². The first-order valence-electron chi connectivity index (χ1n) is 9.51. The van der Waals surface area contributed by atoms with Crippen LogP contribution in [0.5, 0.6) is 0 Å². The van der Waals surface area contributed by atoms with Crippen LogP contribution in [0.3, 0.4) is 0 Å². The van der Waals surface area contributed by atoms with E-state index in [1.165, 1.54) is 17.6 Å². The molecule has 0 spiro atoms. The van der Waals surface area contributed by atoms with Gasteiger partial charge in [0.15, 0.2) is 9.84 Å². The lowest BCUT2D eigenvalue weighted by molar-refractivity contribution is 0.0734. The van der Waals surface area contributed by atoms with E-state index in [1.54, 1.807) is 42.8 Å². The number of para-hydroxylation sites is 1. The fourth-order valence-electron chi connectivity index (χ4n) is 3.19. The molecule has 31 heavy (non-hydrogen) atoms. The quantitative estimate of drug-likeness (QED) is 0.413. The summed E-state index contributed by atoms with van der Waals surface area (Å²) in [4.78, 5) is 1.20. The summed E-state index contributed by atoms with van der Waals surface area (Å²) in [6, 6.07) is 18.1. The second kappa shape index (κ2) is 7.91. The molecule has 0 amide bonds. The van der Waals surface area contributed by atoms with Crippen molar-refractivity contribution in [1.82, 2.24) is 9.78 Å². The third-order valence-corrected chi connectivity index (χ3v) is 7.25. The molecule has 1 N–H and O–H groups in total. The zero-order chi connectivity index (χ0) is 22.4. The smallest absolute Gasteiger partial charge is 0.175 e. The van der Waals surface area contributed by atoms with E-state index in [9.17, 15) is 13.5 Å². The number of benzene rings is 2. The Bertz CT molecular complexity index is 1370. The number of aromatic nitrogens is 2. The molecule has 2 aromatic heterocycles. The third kappa shape index (κ3) is 4.45. The summed E-state index contributed by atoms with van der Waals surface area (Å²) >= 11 is 7.94. The van der Waals surface area contributed by atoms with Crippen LogP contribution in [-0.4, -0.2) is 29.6 Å². The molecule has 8 heteroatoms. The van der Waals surface area contributed by atoms with Gasteiger partial charge >= 0.3 is 0 Å². The second-order valence-electron chi connectivity index (χ2n) is 7.84. The first-order chi connectivity index (χ1) is 14.5. The molecule has 0 bridgehead atoms. The predicted molar refractivity (Wildman–Crippen MR) is 126 cm³/mol. The minimum absolute atomic E-state index is 0.281. The molecule has 0 saturated heterocycles. The summed E-state index contributed by atoms with van der Waals surface area (Å²) in [5.41, 5.74) is 2.63. The van der Waals surface area contributed by atoms with Crippen LogP contribution in [0.15, 0.2) is 70.9 Å². The minimum atomic E-state index is -3.29. The van der Waals surface area contributed by atoms with E-state index >= 15 is 0 Å². The van der Waals surface area contributed by atoms with Gasteiger partial charge in [-0.3, -0.25) is 0 Å². The SMILES string of the molecule is CC(C)(O)c1cc(-c2cc(-c3cccc(S(C)(=O)=O)c3)cs2)n(-c2ccccc2Cl)n1. The lowest BCUT2D eigenvalue weighted by Crippen LogP contribution is -2.16. The minimum Gasteiger partial charge on any atom is -0.384 e. The fraction of sp³-hybridized carbons (Fsp3) is 0.174. The zero-order valence-electron chi connectivity index (χ0n) is 17.2. The molecular formula is C23H21ClN2O3S2. The molecule has 4 aromatic rings. The number of rotatable bonds is 5. The van der Waals surface area contributed by atoms with Crippen LogP contribution < -0.4 is 0 Å². The van der Waals surface area contributed by atoms with Crippen LogP contribution in [0, 0.1) is 0 Å². The Morgan fingerprint density at radius 3 is 2.45 bits per heavy atom. The van der Waals surface area contributed by atoms with E-state index in [4.69, 9.17) is 11.6 Å². The van der Waals surface area contributed by atoms with Gasteiger partial charge < -0.3 is 5.11 Å². The van der Waals surface area contributed by atoms with Crippen molar-refractivity contribution >= 4 is 32.8 Å². The summed E-state index contributed by atoms with van der Waals surface area (Å²) in [5.74, 6) is 0. The first-order valence-corrected chi connectivity index (χ1v) is 12.7. The molecular weight excluding hydrogens is 452 g/mol. The monoisotopic (exact) mass is 472 g/mol. The maximum absolute atomic E-state index is 11.9. The fourth-order valence-corrected chi connectivity index (χ4v) is 4.99. The summed E-state index contributed by atoms with van der Waals surface area (Å²) in [7, 11) is -3.29. The Kier molecular flexibility index (Phi) is 5.55. The Balaban J connectivity index is 1.84. The van der Waals surface area contributed by atoms with Crippen molar-refractivity contribution in [3.05, 3.63) is 76.8 Å². The largest absolute Gasteiger partial charge is 0.384 e. The van der Waals surface area contributed by atoms with Crippen molar-refractivity contribution in [2.24, 2.45) is 0 Å². The molecule has 0 fully saturated rings. The zero-order valence-corrected chi connectivity index (χ0v) is 19.6. The number of thiophene rings is 1. The van der Waals surface area contributed by atoms with E-state index in [-0.39, 0.29) is 4.90 Å². The van der Waals surface area contributed by atoms with Gasteiger partial charge in [-0.05, 0) is 66.8 Å². The van der Waals surface area contributed by atoms with Gasteiger partial charge in [0.1, 0.15) is 5.60 Å². The molecule has 0 aliphatic heterocycles. The Hall–Kier alpha value is -2.45. The first kappa shape index (κ1) is 21.8. The molecule has 5 nitrogen and oxygen atoms in total. The highest BCUT2D eigenvalue weighted by Gasteiger charge is 2.24. The molecule has 0 unspecified atom stereocenters. The van der Waals surface area contributed by atoms with Gasteiger partial charge in [-0.2, -0.15) is 5.10 Å². The summed E-state index contributed by atoms with van der Waals surface area (Å²) in [6.07, 6.45) is 1.20. The van der Waals surface area contributed by atoms with Crippen LogP contribution in [-0.2, 0) is 15.4 Å². The topological polar surface area (TPSA) is 72.2 Å². The van der Waals surface area contributed by atoms with Crippen LogP contribution >= 0.6 is 22.9 Å². The Labute approximate surface area is 190 Å². The normalized spacial score (nSPS) is 12.3. The highest BCUT2D eigenvalue weighted by Crippen LogP contribution is 2.37. The molecule has 0 radical (unpaired) electrons. The van der Waals surface area contributed by atoms with E-state index in [0.29, 0.717) is 16.4 Å². The standard InChI is InChI=1S/C23H21ClN2O3S2/c1-23(2,27)22-13-20(26(25-22)19-10-5-4-9-18(19)24)21-12-16(14-30-21)15-7-6-8-17(11-15)31(3,28)29/h4-14,27H,1-3H3. The Morgan fingerprint density at radius 2 is 1.77 bits per heavy atom. The van der Waals surface area contributed by atoms with E-state index in [2.05, 4.69) is 5.10 Å². The van der Waals surface area contributed by atoms with Crippen molar-refractivity contribution in [1.29, 1.82) is 0 Å². The predicted octanol–water partition coefficient (Wildman–Crippen LogP) is 5.55. The number of hydrogen-bond donors (Lipinski definition) is 1. The van der Waals surface area contributed by atoms with Crippen molar-refractivity contribution < 1.29 is 13.5 Å². The lowest BCUT2D eigenvalue weighted by Gasteiger charge is -2.13. The molecule has 0 aliphatic rings. The summed E-state index contributed by atoms with van der Waals surface area (Å²) in [5, 5.41) is 17.7. The lowest BCUT2D eigenvalue weighted by atomic mass is 10.1. The average molecular weight is 473 g/mol. The highest BCUT2D eigenvalue weighted by atomic mass is 35.5. The van der Waals surface area contributed by atoms with Crippen LogP contribution in [0.4, 0.5) is 0 Å². The number of hydrogen-bond acceptors (Lipinski definition) is 5. The van der Waals surface area contributed by atoms with E-state index in [1.807, 2.05) is 41.8 Å². The van der Waals surface area contributed by atoms with Gasteiger partial charge in [0.05, 0.1) is 31.9 Å².